The molecule has 0 saturated heterocycles. The van der Waals surface area contributed by atoms with Gasteiger partial charge in [0.15, 0.2) is 0 Å². The minimum absolute atomic E-state index is 0.117. The lowest BCUT2D eigenvalue weighted by atomic mass is 9.85. The summed E-state index contributed by atoms with van der Waals surface area (Å²) >= 11 is 0. The van der Waals surface area contributed by atoms with E-state index in [1.807, 2.05) is 18.6 Å². The third-order valence-corrected chi connectivity index (χ3v) is 3.25. The van der Waals surface area contributed by atoms with Crippen molar-refractivity contribution in [2.45, 2.75) is 45.4 Å². The lowest BCUT2D eigenvalue weighted by Crippen LogP contribution is -2.23. The number of hydrogen-bond donors (Lipinski definition) is 0. The van der Waals surface area contributed by atoms with E-state index in [0.29, 0.717) is 5.92 Å². The Bertz CT molecular complexity index is 518. The Morgan fingerprint density at radius 3 is 2.21 bits per heavy atom. The first-order chi connectivity index (χ1) is 8.99. The van der Waals surface area contributed by atoms with Crippen molar-refractivity contribution in [1.82, 2.24) is 19.9 Å². The molecule has 0 fully saturated rings. The molecule has 0 unspecified atom stereocenters. The van der Waals surface area contributed by atoms with Crippen LogP contribution in [-0.2, 0) is 11.8 Å². The van der Waals surface area contributed by atoms with Crippen LogP contribution in [0.25, 0.3) is 0 Å². The number of aromatic nitrogens is 4. The Labute approximate surface area is 114 Å². The molecule has 0 aliphatic heterocycles. The van der Waals surface area contributed by atoms with Crippen molar-refractivity contribution in [3.05, 3.63) is 48.1 Å². The summed E-state index contributed by atoms with van der Waals surface area (Å²) in [6, 6.07) is 0. The van der Waals surface area contributed by atoms with Gasteiger partial charge in [-0.2, -0.15) is 0 Å². The van der Waals surface area contributed by atoms with E-state index in [0.717, 1.165) is 17.9 Å². The minimum atomic E-state index is -0.117. The summed E-state index contributed by atoms with van der Waals surface area (Å²) in [6.07, 6.45) is 9.80. The van der Waals surface area contributed by atoms with Crippen molar-refractivity contribution < 1.29 is 0 Å². The Morgan fingerprint density at radius 1 is 1.00 bits per heavy atom. The molecule has 0 spiro atoms. The monoisotopic (exact) mass is 256 g/mol. The summed E-state index contributed by atoms with van der Waals surface area (Å²) < 4.78 is 0. The topological polar surface area (TPSA) is 51.6 Å². The fourth-order valence-corrected chi connectivity index (χ4v) is 1.89. The number of rotatable bonds is 4. The van der Waals surface area contributed by atoms with Crippen LogP contribution in [0.1, 0.15) is 50.7 Å². The summed E-state index contributed by atoms with van der Waals surface area (Å²) in [6.45, 7) is 8.55. The fourth-order valence-electron chi connectivity index (χ4n) is 1.89. The normalized spacial score (nSPS) is 11.8. The van der Waals surface area contributed by atoms with Gasteiger partial charge in [-0.3, -0.25) is 9.97 Å². The van der Waals surface area contributed by atoms with Crippen LogP contribution in [0.15, 0.2) is 31.0 Å². The van der Waals surface area contributed by atoms with Crippen LogP contribution in [0.4, 0.5) is 0 Å². The van der Waals surface area contributed by atoms with Crippen molar-refractivity contribution in [2.24, 2.45) is 0 Å². The van der Waals surface area contributed by atoms with E-state index in [1.54, 1.807) is 12.4 Å². The van der Waals surface area contributed by atoms with Gasteiger partial charge in [0.25, 0.3) is 0 Å². The molecule has 0 N–H and O–H groups in total. The zero-order valence-electron chi connectivity index (χ0n) is 12.0. The van der Waals surface area contributed by atoms with Crippen molar-refractivity contribution in [3.8, 4) is 0 Å². The van der Waals surface area contributed by atoms with Crippen LogP contribution in [-0.4, -0.2) is 19.9 Å². The molecule has 0 radical (unpaired) electrons. The predicted molar refractivity (Wildman–Crippen MR) is 74.9 cm³/mol. The highest BCUT2D eigenvalue weighted by atomic mass is 14.9. The maximum absolute atomic E-state index is 4.45. The molecule has 0 atom stereocenters. The highest BCUT2D eigenvalue weighted by Gasteiger charge is 2.24. The Hall–Kier alpha value is -1.84. The Balaban J connectivity index is 2.16. The van der Waals surface area contributed by atoms with Gasteiger partial charge in [-0.1, -0.05) is 27.7 Å². The van der Waals surface area contributed by atoms with Crippen LogP contribution >= 0.6 is 0 Å². The predicted octanol–water partition coefficient (Wildman–Crippen LogP) is 2.91. The van der Waals surface area contributed by atoms with E-state index < -0.39 is 0 Å². The molecule has 2 heterocycles. The van der Waals surface area contributed by atoms with Crippen LogP contribution in [0, 0.1) is 0 Å². The molecule has 2 rings (SSSR count). The van der Waals surface area contributed by atoms with Gasteiger partial charge in [0.1, 0.15) is 5.82 Å². The summed E-state index contributed by atoms with van der Waals surface area (Å²) in [4.78, 5) is 17.4. The maximum atomic E-state index is 4.45. The smallest absolute Gasteiger partial charge is 0.129 e. The summed E-state index contributed by atoms with van der Waals surface area (Å²) in [5.74, 6) is 1.31. The molecule has 19 heavy (non-hydrogen) atoms. The van der Waals surface area contributed by atoms with Gasteiger partial charge >= 0.3 is 0 Å². The summed E-state index contributed by atoms with van der Waals surface area (Å²) in [5, 5.41) is 0. The first kappa shape index (κ1) is 13.6. The largest absolute Gasteiger partial charge is 0.261 e. The van der Waals surface area contributed by atoms with Crippen molar-refractivity contribution in [2.75, 3.05) is 0 Å². The van der Waals surface area contributed by atoms with Crippen LogP contribution < -0.4 is 0 Å². The first-order valence-electron chi connectivity index (χ1n) is 6.56. The second-order valence-electron chi connectivity index (χ2n) is 5.74. The van der Waals surface area contributed by atoms with Gasteiger partial charge < -0.3 is 0 Å². The van der Waals surface area contributed by atoms with Crippen LogP contribution in [0.5, 0.6) is 0 Å². The zero-order valence-corrected chi connectivity index (χ0v) is 12.0. The van der Waals surface area contributed by atoms with Gasteiger partial charge in [0, 0.05) is 42.8 Å². The molecule has 100 valence electrons. The lowest BCUT2D eigenvalue weighted by molar-refractivity contribution is 0.488. The maximum Gasteiger partial charge on any atom is 0.129 e. The van der Waals surface area contributed by atoms with Crippen molar-refractivity contribution >= 4 is 0 Å². The second kappa shape index (κ2) is 5.43. The molecule has 4 heteroatoms. The average Bonchev–Trinajstić information content (AvgIpc) is 2.40. The Kier molecular flexibility index (Phi) is 3.88. The average molecular weight is 256 g/mol. The van der Waals surface area contributed by atoms with Gasteiger partial charge in [-0.25, -0.2) is 9.97 Å². The fraction of sp³-hybridized carbons (Fsp3) is 0.467. The van der Waals surface area contributed by atoms with Gasteiger partial charge in [0.2, 0.25) is 0 Å². The molecule has 0 aliphatic rings. The Morgan fingerprint density at radius 2 is 1.68 bits per heavy atom. The molecule has 0 amide bonds. The third kappa shape index (κ3) is 3.34. The minimum Gasteiger partial charge on any atom is -0.261 e. The molecule has 4 nitrogen and oxygen atoms in total. The van der Waals surface area contributed by atoms with E-state index in [4.69, 9.17) is 0 Å². The highest BCUT2D eigenvalue weighted by molar-refractivity contribution is 5.15. The van der Waals surface area contributed by atoms with E-state index in [-0.39, 0.29) is 5.41 Å². The first-order valence-corrected chi connectivity index (χ1v) is 6.56. The van der Waals surface area contributed by atoms with Crippen LogP contribution in [0.3, 0.4) is 0 Å². The lowest BCUT2D eigenvalue weighted by Gasteiger charge is -2.22. The van der Waals surface area contributed by atoms with Crippen LogP contribution in [0.2, 0.25) is 0 Å². The van der Waals surface area contributed by atoms with Crippen molar-refractivity contribution in [3.63, 3.8) is 0 Å². The van der Waals surface area contributed by atoms with Gasteiger partial charge in [-0.05, 0) is 11.5 Å². The number of nitrogens with zero attached hydrogens (tertiary/aromatic N) is 4. The quantitative estimate of drug-likeness (QED) is 0.844. The van der Waals surface area contributed by atoms with E-state index in [9.17, 15) is 0 Å². The third-order valence-electron chi connectivity index (χ3n) is 3.25. The molecule has 2 aromatic rings. The summed E-state index contributed by atoms with van der Waals surface area (Å²) in [7, 11) is 0. The second-order valence-corrected chi connectivity index (χ2v) is 5.74. The van der Waals surface area contributed by atoms with Crippen molar-refractivity contribution in [1.29, 1.82) is 0 Å². The highest BCUT2D eigenvalue weighted by Crippen LogP contribution is 2.24. The molecule has 0 aliphatic carbocycles. The standard InChI is InChI=1S/C15H20N4/c1-11(2)12-8-18-14(19-9-12)7-15(3,4)13-10-16-5-6-17-13/h5-6,8-11H,7H2,1-4H3. The van der Waals surface area contributed by atoms with E-state index >= 15 is 0 Å². The zero-order chi connectivity index (χ0) is 13.9. The molecule has 0 bridgehead atoms. The van der Waals surface area contributed by atoms with Gasteiger partial charge in [-0.15, -0.1) is 0 Å². The molecule has 2 aromatic heterocycles. The molecule has 0 saturated carbocycles. The SMILES string of the molecule is CC(C)c1cnc(CC(C)(C)c2cnccn2)nc1. The molecular weight excluding hydrogens is 236 g/mol. The van der Waals surface area contributed by atoms with E-state index in [2.05, 4.69) is 47.6 Å². The molecule has 0 aromatic carbocycles. The number of hydrogen-bond acceptors (Lipinski definition) is 4. The van der Waals surface area contributed by atoms with Gasteiger partial charge in [0.05, 0.1) is 5.69 Å². The van der Waals surface area contributed by atoms with E-state index in [1.165, 1.54) is 5.56 Å². The molecular formula is C15H20N4. The summed E-state index contributed by atoms with van der Waals surface area (Å²) in [5.41, 5.74) is 2.01.